The van der Waals surface area contributed by atoms with E-state index in [1.165, 1.54) is 13.2 Å². The van der Waals surface area contributed by atoms with Crippen LogP contribution in [-0.4, -0.2) is 40.2 Å². The lowest BCUT2D eigenvalue weighted by Crippen LogP contribution is -2.15. The monoisotopic (exact) mass is 330 g/mol. The van der Waals surface area contributed by atoms with Gasteiger partial charge in [-0.3, -0.25) is 0 Å². The standard InChI is InChI=1S/C19H22O5/c1-3-4-12-9-13(5-7-16(12)22)18-17(23)8-6-14(19(18)24-2)10-15(21)11-20/h3,5-9,15,20-23H,1,4,10-11H2,2H3. The lowest BCUT2D eigenvalue weighted by atomic mass is 9.95. The molecule has 0 heterocycles. The normalized spacial score (nSPS) is 12.0. The van der Waals surface area contributed by atoms with Crippen LogP contribution in [0.4, 0.5) is 0 Å². The summed E-state index contributed by atoms with van der Waals surface area (Å²) in [6, 6.07) is 8.19. The minimum absolute atomic E-state index is 0.0318. The molecule has 0 amide bonds. The SMILES string of the molecule is C=CCc1cc(-c2c(O)ccc(CC(O)CO)c2OC)ccc1O. The average molecular weight is 330 g/mol. The van der Waals surface area contributed by atoms with Crippen molar-refractivity contribution in [3.63, 3.8) is 0 Å². The number of rotatable bonds is 7. The Morgan fingerprint density at radius 1 is 1.12 bits per heavy atom. The van der Waals surface area contributed by atoms with E-state index in [0.717, 1.165) is 0 Å². The van der Waals surface area contributed by atoms with Crippen molar-refractivity contribution < 1.29 is 25.2 Å². The largest absolute Gasteiger partial charge is 0.508 e. The summed E-state index contributed by atoms with van der Waals surface area (Å²) in [5.41, 5.74) is 2.51. The molecular weight excluding hydrogens is 308 g/mol. The second-order valence-corrected chi connectivity index (χ2v) is 5.53. The Hall–Kier alpha value is -2.50. The Bertz CT molecular complexity index is 724. The van der Waals surface area contributed by atoms with Gasteiger partial charge in [0.1, 0.15) is 17.2 Å². The zero-order chi connectivity index (χ0) is 17.7. The average Bonchev–Trinajstić information content (AvgIpc) is 2.58. The molecule has 1 atom stereocenters. The predicted molar refractivity (Wildman–Crippen MR) is 92.5 cm³/mol. The van der Waals surface area contributed by atoms with E-state index in [1.807, 2.05) is 0 Å². The zero-order valence-electron chi connectivity index (χ0n) is 13.6. The third-order valence-corrected chi connectivity index (χ3v) is 3.82. The van der Waals surface area contributed by atoms with E-state index in [2.05, 4.69) is 6.58 Å². The molecule has 0 aliphatic rings. The molecule has 0 bridgehead atoms. The molecule has 0 aromatic heterocycles. The summed E-state index contributed by atoms with van der Waals surface area (Å²) in [5, 5.41) is 39.0. The summed E-state index contributed by atoms with van der Waals surface area (Å²) >= 11 is 0. The molecule has 4 N–H and O–H groups in total. The Morgan fingerprint density at radius 3 is 2.46 bits per heavy atom. The molecule has 0 aliphatic carbocycles. The van der Waals surface area contributed by atoms with Crippen molar-refractivity contribution in [2.24, 2.45) is 0 Å². The van der Waals surface area contributed by atoms with Crippen molar-refractivity contribution >= 4 is 0 Å². The van der Waals surface area contributed by atoms with E-state index < -0.39 is 6.10 Å². The van der Waals surface area contributed by atoms with Gasteiger partial charge < -0.3 is 25.2 Å². The van der Waals surface area contributed by atoms with E-state index in [-0.39, 0.29) is 24.5 Å². The van der Waals surface area contributed by atoms with Gasteiger partial charge in [0.15, 0.2) is 0 Å². The maximum atomic E-state index is 10.3. The van der Waals surface area contributed by atoms with Crippen LogP contribution in [0, 0.1) is 0 Å². The Labute approximate surface area is 141 Å². The molecule has 0 aliphatic heterocycles. The van der Waals surface area contributed by atoms with Gasteiger partial charge in [0.25, 0.3) is 0 Å². The summed E-state index contributed by atoms with van der Waals surface area (Å²) in [5.74, 6) is 0.617. The van der Waals surface area contributed by atoms with Gasteiger partial charge in [0.05, 0.1) is 25.4 Å². The summed E-state index contributed by atoms with van der Waals surface area (Å²) in [6.07, 6.45) is 1.47. The Morgan fingerprint density at radius 2 is 1.83 bits per heavy atom. The zero-order valence-corrected chi connectivity index (χ0v) is 13.6. The highest BCUT2D eigenvalue weighted by Crippen LogP contribution is 2.41. The van der Waals surface area contributed by atoms with E-state index in [4.69, 9.17) is 9.84 Å². The number of benzene rings is 2. The maximum absolute atomic E-state index is 10.3. The number of phenolic OH excluding ortho intramolecular Hbond substituents is 2. The first-order valence-corrected chi connectivity index (χ1v) is 7.62. The maximum Gasteiger partial charge on any atom is 0.133 e. The lowest BCUT2D eigenvalue weighted by Gasteiger charge is -2.17. The van der Waals surface area contributed by atoms with Crippen molar-refractivity contribution in [2.75, 3.05) is 13.7 Å². The van der Waals surface area contributed by atoms with Gasteiger partial charge in [-0.15, -0.1) is 6.58 Å². The van der Waals surface area contributed by atoms with Gasteiger partial charge in [0.2, 0.25) is 0 Å². The van der Waals surface area contributed by atoms with Crippen LogP contribution in [0.15, 0.2) is 43.0 Å². The van der Waals surface area contributed by atoms with E-state index in [9.17, 15) is 15.3 Å². The number of aromatic hydroxyl groups is 2. The molecule has 5 nitrogen and oxygen atoms in total. The van der Waals surface area contributed by atoms with Crippen molar-refractivity contribution in [3.05, 3.63) is 54.1 Å². The van der Waals surface area contributed by atoms with Gasteiger partial charge >= 0.3 is 0 Å². The summed E-state index contributed by atoms with van der Waals surface area (Å²) in [7, 11) is 1.48. The highest BCUT2D eigenvalue weighted by atomic mass is 16.5. The second-order valence-electron chi connectivity index (χ2n) is 5.53. The van der Waals surface area contributed by atoms with Crippen molar-refractivity contribution in [1.29, 1.82) is 0 Å². The van der Waals surface area contributed by atoms with Crippen molar-refractivity contribution in [2.45, 2.75) is 18.9 Å². The molecule has 128 valence electrons. The van der Waals surface area contributed by atoms with E-state index in [0.29, 0.717) is 34.4 Å². The fourth-order valence-electron chi connectivity index (χ4n) is 2.67. The number of allylic oxidation sites excluding steroid dienone is 1. The van der Waals surface area contributed by atoms with Gasteiger partial charge in [-0.25, -0.2) is 0 Å². The summed E-state index contributed by atoms with van der Waals surface area (Å²) < 4.78 is 5.45. The summed E-state index contributed by atoms with van der Waals surface area (Å²) in [6.45, 7) is 3.31. The first-order valence-electron chi connectivity index (χ1n) is 7.62. The van der Waals surface area contributed by atoms with Crippen molar-refractivity contribution in [1.82, 2.24) is 0 Å². The third-order valence-electron chi connectivity index (χ3n) is 3.82. The molecule has 2 aromatic carbocycles. The predicted octanol–water partition coefficient (Wildman–Crippen LogP) is 2.40. The number of aliphatic hydroxyl groups is 2. The van der Waals surface area contributed by atoms with Crippen LogP contribution in [0.3, 0.4) is 0 Å². The molecule has 0 saturated carbocycles. The van der Waals surface area contributed by atoms with Crippen LogP contribution in [0.1, 0.15) is 11.1 Å². The fraction of sp³-hybridized carbons (Fsp3) is 0.263. The third kappa shape index (κ3) is 3.69. The topological polar surface area (TPSA) is 90.2 Å². The van der Waals surface area contributed by atoms with Gasteiger partial charge in [-0.1, -0.05) is 18.2 Å². The highest BCUT2D eigenvalue weighted by molar-refractivity contribution is 5.79. The number of aliphatic hydroxyl groups excluding tert-OH is 2. The lowest BCUT2D eigenvalue weighted by molar-refractivity contribution is 0.0950. The van der Waals surface area contributed by atoms with Crippen LogP contribution in [0.25, 0.3) is 11.1 Å². The van der Waals surface area contributed by atoms with E-state index >= 15 is 0 Å². The van der Waals surface area contributed by atoms with Gasteiger partial charge in [-0.05, 0) is 41.3 Å². The number of hydrogen-bond donors (Lipinski definition) is 4. The van der Waals surface area contributed by atoms with Crippen LogP contribution in [0.2, 0.25) is 0 Å². The first kappa shape index (κ1) is 17.8. The second kappa shape index (κ2) is 7.86. The number of hydrogen-bond acceptors (Lipinski definition) is 5. The molecule has 2 aromatic rings. The number of methoxy groups -OCH3 is 1. The van der Waals surface area contributed by atoms with Crippen LogP contribution < -0.4 is 4.74 Å². The number of phenols is 2. The van der Waals surface area contributed by atoms with Gasteiger partial charge in [0, 0.05) is 6.42 Å². The Kier molecular flexibility index (Phi) is 5.84. The molecule has 24 heavy (non-hydrogen) atoms. The summed E-state index contributed by atoms with van der Waals surface area (Å²) in [4.78, 5) is 0. The molecule has 2 rings (SSSR count). The molecule has 5 heteroatoms. The smallest absolute Gasteiger partial charge is 0.133 e. The van der Waals surface area contributed by atoms with Crippen LogP contribution >= 0.6 is 0 Å². The number of ether oxygens (including phenoxy) is 1. The minimum Gasteiger partial charge on any atom is -0.508 e. The quantitative estimate of drug-likeness (QED) is 0.585. The van der Waals surface area contributed by atoms with Crippen molar-refractivity contribution in [3.8, 4) is 28.4 Å². The van der Waals surface area contributed by atoms with Gasteiger partial charge in [-0.2, -0.15) is 0 Å². The van der Waals surface area contributed by atoms with Crippen LogP contribution in [-0.2, 0) is 12.8 Å². The molecule has 0 radical (unpaired) electrons. The molecule has 1 unspecified atom stereocenters. The minimum atomic E-state index is -0.910. The molecule has 0 saturated heterocycles. The fourth-order valence-corrected chi connectivity index (χ4v) is 2.67. The molecular formula is C19H22O5. The molecule has 0 spiro atoms. The van der Waals surface area contributed by atoms with Crippen LogP contribution in [0.5, 0.6) is 17.2 Å². The molecule has 0 fully saturated rings. The first-order chi connectivity index (χ1) is 11.5. The Balaban J connectivity index is 2.58. The van der Waals surface area contributed by atoms with E-state index in [1.54, 1.807) is 30.3 Å². The highest BCUT2D eigenvalue weighted by Gasteiger charge is 2.18.